The van der Waals surface area contributed by atoms with Gasteiger partial charge in [-0.3, -0.25) is 4.79 Å². The Labute approximate surface area is 98.4 Å². The van der Waals surface area contributed by atoms with Crippen LogP contribution in [0.4, 0.5) is 8.78 Å². The summed E-state index contributed by atoms with van der Waals surface area (Å²) >= 11 is 0. The molecule has 3 nitrogen and oxygen atoms in total. The number of carbonyl (C=O) groups excluding carboxylic acids is 1. The van der Waals surface area contributed by atoms with Crippen LogP contribution in [0.1, 0.15) is 10.4 Å². The first-order chi connectivity index (χ1) is 8.08. The summed E-state index contributed by atoms with van der Waals surface area (Å²) in [5, 5.41) is 3.04. The van der Waals surface area contributed by atoms with E-state index in [1.54, 1.807) is 0 Å². The van der Waals surface area contributed by atoms with Crippen LogP contribution in [0.25, 0.3) is 0 Å². The molecular formula is C12H14F2N2O. The number of carbonyl (C=O) groups is 1. The van der Waals surface area contributed by atoms with E-state index in [1.165, 1.54) is 6.07 Å². The van der Waals surface area contributed by atoms with Crippen LogP contribution >= 0.6 is 0 Å². The lowest BCUT2D eigenvalue weighted by molar-refractivity contribution is 0.0890. The molecule has 1 unspecified atom stereocenters. The molecule has 0 radical (unpaired) electrons. The lowest BCUT2D eigenvalue weighted by Gasteiger charge is -2.29. The number of rotatable bonds is 2. The van der Waals surface area contributed by atoms with Gasteiger partial charge in [-0.2, -0.15) is 0 Å². The maximum absolute atomic E-state index is 13.5. The third-order valence-electron chi connectivity index (χ3n) is 2.89. The maximum atomic E-state index is 13.5. The molecule has 0 aliphatic carbocycles. The Hall–Kier alpha value is -1.33. The summed E-state index contributed by atoms with van der Waals surface area (Å²) in [7, 11) is 1.90. The molecule has 1 aliphatic rings. The third kappa shape index (κ3) is 2.68. The number of hydrogen-bond donors (Lipinski definition) is 1. The topological polar surface area (TPSA) is 32.3 Å². The van der Waals surface area contributed by atoms with Crippen molar-refractivity contribution in [2.24, 2.45) is 0 Å². The fourth-order valence-corrected chi connectivity index (χ4v) is 1.95. The quantitative estimate of drug-likeness (QED) is 0.784. The van der Waals surface area contributed by atoms with E-state index < -0.39 is 17.7 Å². The van der Waals surface area contributed by atoms with Gasteiger partial charge >= 0.3 is 0 Å². The van der Waals surface area contributed by atoms with Crippen LogP contribution < -0.4 is 5.32 Å². The molecule has 1 aliphatic heterocycles. The number of Topliss-reactive ketones (excluding diaryl/α,β-unsaturated/α-hetero) is 1. The van der Waals surface area contributed by atoms with Gasteiger partial charge in [-0.15, -0.1) is 0 Å². The van der Waals surface area contributed by atoms with Crippen molar-refractivity contribution in [3.05, 3.63) is 35.4 Å². The molecule has 1 heterocycles. The Morgan fingerprint density at radius 1 is 1.47 bits per heavy atom. The molecule has 1 aromatic carbocycles. The van der Waals surface area contributed by atoms with Crippen molar-refractivity contribution in [2.75, 3.05) is 26.7 Å². The molecule has 2 rings (SSSR count). The molecule has 1 N–H and O–H groups in total. The van der Waals surface area contributed by atoms with E-state index in [0.29, 0.717) is 13.1 Å². The largest absolute Gasteiger partial charge is 0.305 e. The molecule has 0 amide bonds. The Balaban J connectivity index is 2.18. The molecule has 1 atom stereocenters. The van der Waals surface area contributed by atoms with E-state index in [0.717, 1.165) is 18.7 Å². The lowest BCUT2D eigenvalue weighted by Crippen LogP contribution is -2.52. The van der Waals surface area contributed by atoms with Gasteiger partial charge in [0, 0.05) is 25.7 Å². The van der Waals surface area contributed by atoms with Gasteiger partial charge in [0.05, 0.1) is 11.6 Å². The molecule has 0 aromatic heterocycles. The summed E-state index contributed by atoms with van der Waals surface area (Å²) in [6.07, 6.45) is 0. The molecule has 0 saturated carbocycles. The number of likely N-dealkylation sites (N-methyl/N-ethyl adjacent to an activating group) is 1. The number of nitrogens with one attached hydrogen (secondary N) is 1. The van der Waals surface area contributed by atoms with Crippen LogP contribution in [0.15, 0.2) is 18.2 Å². The Morgan fingerprint density at radius 2 is 2.24 bits per heavy atom. The summed E-state index contributed by atoms with van der Waals surface area (Å²) in [4.78, 5) is 14.0. The second-order valence-electron chi connectivity index (χ2n) is 4.26. The molecule has 0 bridgehead atoms. The minimum Gasteiger partial charge on any atom is -0.305 e. The lowest BCUT2D eigenvalue weighted by atomic mass is 10.0. The SMILES string of the molecule is CN1CCNC(C(=O)c2ccc(F)cc2F)C1. The van der Waals surface area contributed by atoms with Crippen molar-refractivity contribution in [1.82, 2.24) is 10.2 Å². The molecular weight excluding hydrogens is 226 g/mol. The van der Waals surface area contributed by atoms with Gasteiger partial charge < -0.3 is 10.2 Å². The minimum absolute atomic E-state index is 0.0563. The summed E-state index contributed by atoms with van der Waals surface area (Å²) in [6, 6.07) is 2.61. The van der Waals surface area contributed by atoms with Gasteiger partial charge in [0.2, 0.25) is 0 Å². The first-order valence-electron chi connectivity index (χ1n) is 5.49. The van der Waals surface area contributed by atoms with E-state index in [1.807, 2.05) is 11.9 Å². The fourth-order valence-electron chi connectivity index (χ4n) is 1.95. The number of ketones is 1. The summed E-state index contributed by atoms with van der Waals surface area (Å²) in [5.74, 6) is -1.80. The van der Waals surface area contributed by atoms with Crippen molar-refractivity contribution in [2.45, 2.75) is 6.04 Å². The van der Waals surface area contributed by atoms with Gasteiger partial charge in [0.25, 0.3) is 0 Å². The van der Waals surface area contributed by atoms with E-state index in [4.69, 9.17) is 0 Å². The van der Waals surface area contributed by atoms with Crippen molar-refractivity contribution < 1.29 is 13.6 Å². The number of halogens is 2. The zero-order valence-electron chi connectivity index (χ0n) is 9.54. The molecule has 92 valence electrons. The highest BCUT2D eigenvalue weighted by atomic mass is 19.1. The monoisotopic (exact) mass is 240 g/mol. The van der Waals surface area contributed by atoms with Crippen molar-refractivity contribution in [3.8, 4) is 0 Å². The predicted molar refractivity (Wildman–Crippen MR) is 60.0 cm³/mol. The normalized spacial score (nSPS) is 21.5. The average molecular weight is 240 g/mol. The smallest absolute Gasteiger partial charge is 0.183 e. The predicted octanol–water partition coefficient (Wildman–Crippen LogP) is 1.05. The number of piperazine rings is 1. The summed E-state index contributed by atoms with van der Waals surface area (Å²) in [6.45, 7) is 2.08. The maximum Gasteiger partial charge on any atom is 0.183 e. The molecule has 1 saturated heterocycles. The van der Waals surface area contributed by atoms with Crippen LogP contribution in [0.3, 0.4) is 0 Å². The highest BCUT2D eigenvalue weighted by Gasteiger charge is 2.26. The molecule has 17 heavy (non-hydrogen) atoms. The van der Waals surface area contributed by atoms with Gasteiger partial charge in [-0.25, -0.2) is 8.78 Å². The second kappa shape index (κ2) is 4.89. The van der Waals surface area contributed by atoms with Crippen molar-refractivity contribution >= 4 is 5.78 Å². The Kier molecular flexibility index (Phi) is 3.49. The highest BCUT2D eigenvalue weighted by molar-refractivity contribution is 6.00. The first-order valence-corrected chi connectivity index (χ1v) is 5.49. The Morgan fingerprint density at radius 3 is 2.88 bits per heavy atom. The zero-order valence-corrected chi connectivity index (χ0v) is 9.54. The van der Waals surface area contributed by atoms with Crippen LogP contribution in [-0.2, 0) is 0 Å². The Bertz CT molecular complexity index is 437. The van der Waals surface area contributed by atoms with E-state index in [2.05, 4.69) is 5.32 Å². The van der Waals surface area contributed by atoms with Crippen LogP contribution in [0.2, 0.25) is 0 Å². The number of benzene rings is 1. The van der Waals surface area contributed by atoms with Gasteiger partial charge in [-0.05, 0) is 19.2 Å². The van der Waals surface area contributed by atoms with Gasteiger partial charge in [0.15, 0.2) is 5.78 Å². The van der Waals surface area contributed by atoms with Gasteiger partial charge in [0.1, 0.15) is 11.6 Å². The summed E-state index contributed by atoms with van der Waals surface area (Å²) < 4.78 is 26.2. The third-order valence-corrected chi connectivity index (χ3v) is 2.89. The fraction of sp³-hybridized carbons (Fsp3) is 0.417. The van der Waals surface area contributed by atoms with Crippen LogP contribution in [0, 0.1) is 11.6 Å². The zero-order chi connectivity index (χ0) is 12.4. The average Bonchev–Trinajstić information content (AvgIpc) is 2.28. The van der Waals surface area contributed by atoms with Crippen molar-refractivity contribution in [3.63, 3.8) is 0 Å². The number of hydrogen-bond acceptors (Lipinski definition) is 3. The van der Waals surface area contributed by atoms with Crippen LogP contribution in [0.5, 0.6) is 0 Å². The minimum atomic E-state index is -0.801. The molecule has 0 spiro atoms. The van der Waals surface area contributed by atoms with E-state index >= 15 is 0 Å². The van der Waals surface area contributed by atoms with Crippen LogP contribution in [-0.4, -0.2) is 43.4 Å². The molecule has 1 fully saturated rings. The number of nitrogens with zero attached hydrogens (tertiary/aromatic N) is 1. The highest BCUT2D eigenvalue weighted by Crippen LogP contribution is 2.13. The summed E-state index contributed by atoms with van der Waals surface area (Å²) in [5.41, 5.74) is -0.0563. The van der Waals surface area contributed by atoms with Crippen molar-refractivity contribution in [1.29, 1.82) is 0 Å². The van der Waals surface area contributed by atoms with Gasteiger partial charge in [-0.1, -0.05) is 0 Å². The first kappa shape index (κ1) is 12.1. The standard InChI is InChI=1S/C12H14F2N2O/c1-16-5-4-15-11(7-16)12(17)9-3-2-8(13)6-10(9)14/h2-3,6,11,15H,4-5,7H2,1H3. The molecule has 5 heteroatoms. The molecule has 1 aromatic rings. The second-order valence-corrected chi connectivity index (χ2v) is 4.26. The van der Waals surface area contributed by atoms with E-state index in [9.17, 15) is 13.6 Å². The van der Waals surface area contributed by atoms with E-state index in [-0.39, 0.29) is 11.3 Å².